The zero-order valence-corrected chi connectivity index (χ0v) is 19.4. The summed E-state index contributed by atoms with van der Waals surface area (Å²) in [5, 5.41) is 12.3. The van der Waals surface area contributed by atoms with Crippen molar-refractivity contribution in [3.63, 3.8) is 0 Å². The molecule has 0 saturated heterocycles. The molecule has 3 aromatic rings. The third-order valence-corrected chi connectivity index (χ3v) is 5.61. The SMILES string of the molecule is COc1ccccc1CCC(=O)OCC(=O)Nc1c(C#N)c(C)c(C)n1Cc1ccc(F)cc1. The van der Waals surface area contributed by atoms with E-state index in [0.29, 0.717) is 30.1 Å². The molecular formula is C26H26FN3O4. The van der Waals surface area contributed by atoms with Gasteiger partial charge in [-0.1, -0.05) is 30.3 Å². The lowest BCUT2D eigenvalue weighted by molar-refractivity contribution is -0.147. The molecule has 0 aliphatic carbocycles. The van der Waals surface area contributed by atoms with Gasteiger partial charge in [-0.05, 0) is 55.2 Å². The molecule has 2 aromatic carbocycles. The maximum absolute atomic E-state index is 13.3. The van der Waals surface area contributed by atoms with Gasteiger partial charge in [-0.25, -0.2) is 4.39 Å². The van der Waals surface area contributed by atoms with Crippen LogP contribution in [0, 0.1) is 31.0 Å². The standard InChI is InChI=1S/C26H26FN3O4/c1-17-18(2)30(15-19-8-11-21(27)12-9-19)26(22(17)14-28)29-24(31)16-34-25(32)13-10-20-6-4-5-7-23(20)33-3/h4-9,11-12H,10,13,15-16H2,1-3H3,(H,29,31). The number of aryl methyl sites for hydroxylation is 1. The van der Waals surface area contributed by atoms with Crippen molar-refractivity contribution >= 4 is 17.7 Å². The van der Waals surface area contributed by atoms with Gasteiger partial charge in [-0.3, -0.25) is 9.59 Å². The quantitative estimate of drug-likeness (QED) is 0.478. The van der Waals surface area contributed by atoms with Crippen LogP contribution < -0.4 is 10.1 Å². The molecule has 7 nitrogen and oxygen atoms in total. The van der Waals surface area contributed by atoms with Crippen molar-refractivity contribution in [3.8, 4) is 11.8 Å². The first-order chi connectivity index (χ1) is 16.3. The molecule has 8 heteroatoms. The molecule has 0 bridgehead atoms. The van der Waals surface area contributed by atoms with Crippen molar-refractivity contribution in [1.29, 1.82) is 5.26 Å². The minimum atomic E-state index is -0.556. The Kier molecular flexibility index (Phi) is 8.04. The zero-order valence-electron chi connectivity index (χ0n) is 19.4. The Bertz CT molecular complexity index is 1230. The summed E-state index contributed by atoms with van der Waals surface area (Å²) in [4.78, 5) is 24.7. The summed E-state index contributed by atoms with van der Waals surface area (Å²) in [6.07, 6.45) is 0.512. The number of benzene rings is 2. The fourth-order valence-electron chi connectivity index (χ4n) is 3.63. The van der Waals surface area contributed by atoms with E-state index in [4.69, 9.17) is 9.47 Å². The Morgan fingerprint density at radius 3 is 2.50 bits per heavy atom. The second-order valence-corrected chi connectivity index (χ2v) is 7.78. The second kappa shape index (κ2) is 11.1. The molecule has 1 aromatic heterocycles. The largest absolute Gasteiger partial charge is 0.496 e. The van der Waals surface area contributed by atoms with Gasteiger partial charge in [0.25, 0.3) is 5.91 Å². The predicted molar refractivity (Wildman–Crippen MR) is 125 cm³/mol. The number of nitrogens with one attached hydrogen (secondary N) is 1. The molecule has 0 unspecified atom stereocenters. The molecule has 34 heavy (non-hydrogen) atoms. The van der Waals surface area contributed by atoms with Crippen molar-refractivity contribution in [2.45, 2.75) is 33.2 Å². The lowest BCUT2D eigenvalue weighted by Crippen LogP contribution is -2.23. The molecular weight excluding hydrogens is 437 g/mol. The molecule has 0 fully saturated rings. The van der Waals surface area contributed by atoms with Gasteiger partial charge < -0.3 is 19.4 Å². The van der Waals surface area contributed by atoms with E-state index in [2.05, 4.69) is 11.4 Å². The maximum Gasteiger partial charge on any atom is 0.306 e. The van der Waals surface area contributed by atoms with Crippen LogP contribution in [0.5, 0.6) is 5.75 Å². The van der Waals surface area contributed by atoms with Gasteiger partial charge in [0.15, 0.2) is 6.61 Å². The van der Waals surface area contributed by atoms with Crippen LogP contribution in [0.1, 0.15) is 34.4 Å². The number of anilines is 1. The molecule has 1 heterocycles. The average molecular weight is 464 g/mol. The highest BCUT2D eigenvalue weighted by Gasteiger charge is 2.20. The number of carbonyl (C=O) groups excluding carboxylic acids is 2. The van der Waals surface area contributed by atoms with Gasteiger partial charge in [-0.2, -0.15) is 5.26 Å². The fourth-order valence-corrected chi connectivity index (χ4v) is 3.63. The Hall–Kier alpha value is -4.12. The predicted octanol–water partition coefficient (Wildman–Crippen LogP) is 4.29. The Morgan fingerprint density at radius 1 is 1.12 bits per heavy atom. The van der Waals surface area contributed by atoms with Crippen LogP contribution in [-0.2, 0) is 27.3 Å². The van der Waals surface area contributed by atoms with Crippen molar-refractivity contribution in [2.75, 3.05) is 19.0 Å². The number of amides is 1. The number of hydrogen-bond acceptors (Lipinski definition) is 5. The number of nitrogens with zero attached hydrogens (tertiary/aromatic N) is 2. The molecule has 176 valence electrons. The minimum absolute atomic E-state index is 0.0935. The topological polar surface area (TPSA) is 93.3 Å². The van der Waals surface area contributed by atoms with Gasteiger partial charge in [-0.15, -0.1) is 0 Å². The number of para-hydroxylation sites is 1. The molecule has 3 rings (SSSR count). The van der Waals surface area contributed by atoms with Crippen molar-refractivity contribution in [2.24, 2.45) is 0 Å². The van der Waals surface area contributed by atoms with Crippen LogP contribution in [0.2, 0.25) is 0 Å². The Morgan fingerprint density at radius 2 is 1.82 bits per heavy atom. The molecule has 0 aliphatic rings. The van der Waals surface area contributed by atoms with E-state index in [9.17, 15) is 19.2 Å². The number of halogens is 1. The van der Waals surface area contributed by atoms with Gasteiger partial charge in [0.05, 0.1) is 12.7 Å². The normalized spacial score (nSPS) is 10.4. The van der Waals surface area contributed by atoms with Gasteiger partial charge in [0, 0.05) is 18.7 Å². The summed E-state index contributed by atoms with van der Waals surface area (Å²) < 4.78 is 25.4. The van der Waals surface area contributed by atoms with E-state index in [1.165, 1.54) is 12.1 Å². The third kappa shape index (κ3) is 5.81. The summed E-state index contributed by atoms with van der Waals surface area (Å²) in [5.74, 6) is -0.417. The monoisotopic (exact) mass is 463 g/mol. The van der Waals surface area contributed by atoms with Gasteiger partial charge >= 0.3 is 5.97 Å². The van der Waals surface area contributed by atoms with E-state index in [0.717, 1.165) is 22.4 Å². The van der Waals surface area contributed by atoms with E-state index in [1.54, 1.807) is 30.7 Å². The summed E-state index contributed by atoms with van der Waals surface area (Å²) in [7, 11) is 1.56. The molecule has 1 N–H and O–H groups in total. The Labute approximate surface area is 197 Å². The number of esters is 1. The summed E-state index contributed by atoms with van der Waals surface area (Å²) in [6.45, 7) is 3.49. The Balaban J connectivity index is 1.64. The lowest BCUT2D eigenvalue weighted by Gasteiger charge is -2.13. The van der Waals surface area contributed by atoms with Crippen molar-refractivity contribution in [1.82, 2.24) is 4.57 Å². The highest BCUT2D eigenvalue weighted by molar-refractivity contribution is 5.93. The summed E-state index contributed by atoms with van der Waals surface area (Å²) in [5.41, 5.74) is 3.53. The number of rotatable bonds is 9. The number of methoxy groups -OCH3 is 1. The molecule has 0 radical (unpaired) electrons. The number of ether oxygens (including phenoxy) is 2. The minimum Gasteiger partial charge on any atom is -0.496 e. The number of nitriles is 1. The van der Waals surface area contributed by atoms with Crippen LogP contribution in [0.15, 0.2) is 48.5 Å². The summed E-state index contributed by atoms with van der Waals surface area (Å²) in [6, 6.07) is 15.5. The van der Waals surface area contributed by atoms with Crippen LogP contribution in [0.3, 0.4) is 0 Å². The molecule has 1 amide bonds. The van der Waals surface area contributed by atoms with Crippen LogP contribution in [0.25, 0.3) is 0 Å². The van der Waals surface area contributed by atoms with Gasteiger partial charge in [0.1, 0.15) is 23.5 Å². The smallest absolute Gasteiger partial charge is 0.306 e. The van der Waals surface area contributed by atoms with E-state index in [-0.39, 0.29) is 12.2 Å². The second-order valence-electron chi connectivity index (χ2n) is 7.78. The summed E-state index contributed by atoms with van der Waals surface area (Å²) >= 11 is 0. The van der Waals surface area contributed by atoms with Crippen molar-refractivity contribution < 1.29 is 23.5 Å². The van der Waals surface area contributed by atoms with Crippen molar-refractivity contribution in [3.05, 3.63) is 82.3 Å². The average Bonchev–Trinajstić information content (AvgIpc) is 3.06. The molecule has 0 aliphatic heterocycles. The highest BCUT2D eigenvalue weighted by atomic mass is 19.1. The van der Waals surface area contributed by atoms with E-state index in [1.807, 2.05) is 31.2 Å². The zero-order chi connectivity index (χ0) is 24.7. The lowest BCUT2D eigenvalue weighted by atomic mass is 10.1. The van der Waals surface area contributed by atoms with Crippen LogP contribution >= 0.6 is 0 Å². The fraction of sp³-hybridized carbons (Fsp3) is 0.269. The number of aromatic nitrogens is 1. The maximum atomic E-state index is 13.3. The van der Waals surface area contributed by atoms with E-state index >= 15 is 0 Å². The number of carbonyl (C=O) groups is 2. The first-order valence-corrected chi connectivity index (χ1v) is 10.8. The van der Waals surface area contributed by atoms with E-state index < -0.39 is 18.5 Å². The highest BCUT2D eigenvalue weighted by Crippen LogP contribution is 2.27. The number of hydrogen-bond donors (Lipinski definition) is 1. The van der Waals surface area contributed by atoms with Crippen LogP contribution in [0.4, 0.5) is 10.2 Å². The first-order valence-electron chi connectivity index (χ1n) is 10.8. The van der Waals surface area contributed by atoms with Crippen LogP contribution in [-0.4, -0.2) is 30.2 Å². The molecule has 0 spiro atoms. The molecule has 0 atom stereocenters. The third-order valence-electron chi connectivity index (χ3n) is 5.61. The molecule has 0 saturated carbocycles. The first kappa shape index (κ1) is 24.5. The van der Waals surface area contributed by atoms with Gasteiger partial charge in [0.2, 0.25) is 0 Å².